The van der Waals surface area contributed by atoms with Gasteiger partial charge in [-0.15, -0.1) is 0 Å². The monoisotopic (exact) mass is 260 g/mol. The van der Waals surface area contributed by atoms with Crippen molar-refractivity contribution in [2.24, 2.45) is 0 Å². The number of carboxylic acids is 1. The summed E-state index contributed by atoms with van der Waals surface area (Å²) in [4.78, 5) is 14.8. The molecule has 4 nitrogen and oxygen atoms in total. The highest BCUT2D eigenvalue weighted by atomic mass is 19.4. The Kier molecular flexibility index (Phi) is 2.71. The molecule has 0 aliphatic heterocycles. The summed E-state index contributed by atoms with van der Waals surface area (Å²) in [6.45, 7) is 1.59. The minimum Gasteiger partial charge on any atom is -0.478 e. The number of anilines is 1. The van der Waals surface area contributed by atoms with Crippen LogP contribution in [0.15, 0.2) is 12.1 Å². The second kappa shape index (κ2) is 3.86. The third-order valence-electron chi connectivity index (χ3n) is 2.92. The number of nitrogens with one attached hydrogen (secondary N) is 1. The molecule has 0 saturated heterocycles. The zero-order chi connectivity index (χ0) is 13.6. The van der Waals surface area contributed by atoms with E-state index in [0.29, 0.717) is 5.69 Å². The molecule has 0 unspecified atom stereocenters. The Morgan fingerprint density at radius 1 is 1.44 bits per heavy atom. The summed E-state index contributed by atoms with van der Waals surface area (Å²) in [7, 11) is 0. The van der Waals surface area contributed by atoms with E-state index in [-0.39, 0.29) is 24.2 Å². The minimum absolute atomic E-state index is 0.0643. The number of nitrogens with zero attached hydrogens (tertiary/aromatic N) is 1. The van der Waals surface area contributed by atoms with E-state index in [1.807, 2.05) is 0 Å². The van der Waals surface area contributed by atoms with E-state index in [4.69, 9.17) is 5.11 Å². The molecule has 0 spiro atoms. The van der Waals surface area contributed by atoms with Crippen LogP contribution in [-0.4, -0.2) is 27.8 Å². The molecule has 0 amide bonds. The first-order valence-electron chi connectivity index (χ1n) is 5.31. The second-order valence-electron chi connectivity index (χ2n) is 4.36. The van der Waals surface area contributed by atoms with Crippen LogP contribution in [0.4, 0.5) is 19.0 Å². The van der Waals surface area contributed by atoms with Crippen molar-refractivity contribution < 1.29 is 23.1 Å². The van der Waals surface area contributed by atoms with Crippen LogP contribution >= 0.6 is 0 Å². The predicted molar refractivity (Wildman–Crippen MR) is 57.6 cm³/mol. The molecular formula is C11H11F3N2O2. The lowest BCUT2D eigenvalue weighted by molar-refractivity contribution is -0.151. The van der Waals surface area contributed by atoms with Gasteiger partial charge in [0.05, 0.1) is 0 Å². The van der Waals surface area contributed by atoms with Crippen LogP contribution in [-0.2, 0) is 0 Å². The molecule has 1 heterocycles. The van der Waals surface area contributed by atoms with Crippen LogP contribution in [0.5, 0.6) is 0 Å². The number of hydrogen-bond donors (Lipinski definition) is 2. The maximum atomic E-state index is 12.8. The van der Waals surface area contributed by atoms with Gasteiger partial charge in [-0.3, -0.25) is 0 Å². The van der Waals surface area contributed by atoms with Crippen molar-refractivity contribution in [1.82, 2.24) is 4.98 Å². The van der Waals surface area contributed by atoms with E-state index < -0.39 is 17.7 Å². The second-order valence-corrected chi connectivity index (χ2v) is 4.36. The molecule has 98 valence electrons. The number of carboxylic acid groups (broad SMARTS) is 1. The molecule has 1 aromatic heterocycles. The molecule has 0 radical (unpaired) electrons. The van der Waals surface area contributed by atoms with Gasteiger partial charge in [-0.2, -0.15) is 13.2 Å². The number of aryl methyl sites for hydroxylation is 1. The first-order chi connectivity index (χ1) is 8.25. The van der Waals surface area contributed by atoms with E-state index in [2.05, 4.69) is 10.3 Å². The lowest BCUT2D eigenvalue weighted by Crippen LogP contribution is -2.39. The minimum atomic E-state index is -4.41. The summed E-state index contributed by atoms with van der Waals surface area (Å²) >= 11 is 0. The topological polar surface area (TPSA) is 62.2 Å². The number of hydrogen-bond acceptors (Lipinski definition) is 3. The molecule has 0 aromatic carbocycles. The van der Waals surface area contributed by atoms with Crippen molar-refractivity contribution in [2.45, 2.75) is 31.5 Å². The summed E-state index contributed by atoms with van der Waals surface area (Å²) in [5, 5.41) is 11.2. The molecule has 1 fully saturated rings. The van der Waals surface area contributed by atoms with Crippen LogP contribution in [0.3, 0.4) is 0 Å². The van der Waals surface area contributed by atoms with Gasteiger partial charge < -0.3 is 10.4 Å². The third-order valence-corrected chi connectivity index (χ3v) is 2.92. The summed E-state index contributed by atoms with van der Waals surface area (Å²) in [5.74, 6) is -1.53. The summed E-state index contributed by atoms with van der Waals surface area (Å²) < 4.78 is 38.3. The molecule has 0 bridgehead atoms. The Morgan fingerprint density at radius 2 is 2.06 bits per heavy atom. The molecule has 0 atom stereocenters. The third kappa shape index (κ3) is 2.12. The van der Waals surface area contributed by atoms with Crippen molar-refractivity contribution in [1.29, 1.82) is 0 Å². The first kappa shape index (κ1) is 12.7. The van der Waals surface area contributed by atoms with Gasteiger partial charge in [-0.25, -0.2) is 9.78 Å². The Balaban J connectivity index is 2.35. The molecule has 1 aromatic rings. The molecule has 7 heteroatoms. The SMILES string of the molecule is Cc1ccc(C(=O)O)c(NC2(C(F)(F)F)CC2)n1. The number of halogens is 3. The lowest BCUT2D eigenvalue weighted by Gasteiger charge is -2.22. The average molecular weight is 260 g/mol. The fourth-order valence-corrected chi connectivity index (χ4v) is 1.66. The van der Waals surface area contributed by atoms with Crippen LogP contribution < -0.4 is 5.32 Å². The molecule has 2 rings (SSSR count). The Labute approximate surface area is 101 Å². The summed E-state index contributed by atoms with van der Waals surface area (Å²) in [5.41, 5.74) is -1.81. The van der Waals surface area contributed by atoms with Gasteiger partial charge in [0.2, 0.25) is 0 Å². The Morgan fingerprint density at radius 3 is 2.50 bits per heavy atom. The van der Waals surface area contributed by atoms with E-state index in [9.17, 15) is 18.0 Å². The number of aromatic carboxylic acids is 1. The van der Waals surface area contributed by atoms with E-state index >= 15 is 0 Å². The zero-order valence-corrected chi connectivity index (χ0v) is 9.51. The van der Waals surface area contributed by atoms with Crippen molar-refractivity contribution in [2.75, 3.05) is 5.32 Å². The molecule has 1 saturated carbocycles. The fourth-order valence-electron chi connectivity index (χ4n) is 1.66. The Bertz CT molecular complexity index is 496. The molecule has 1 aliphatic rings. The van der Waals surface area contributed by atoms with Crippen molar-refractivity contribution in [3.63, 3.8) is 0 Å². The van der Waals surface area contributed by atoms with Gasteiger partial charge >= 0.3 is 12.1 Å². The van der Waals surface area contributed by atoms with Gasteiger partial charge in [-0.1, -0.05) is 0 Å². The van der Waals surface area contributed by atoms with Crippen LogP contribution in [0.2, 0.25) is 0 Å². The maximum Gasteiger partial charge on any atom is 0.411 e. The quantitative estimate of drug-likeness (QED) is 0.876. The van der Waals surface area contributed by atoms with Gasteiger partial charge in [0.1, 0.15) is 16.9 Å². The summed E-state index contributed by atoms with van der Waals surface area (Å²) in [6, 6.07) is 2.70. The molecule has 18 heavy (non-hydrogen) atoms. The van der Waals surface area contributed by atoms with Gasteiger partial charge in [0.15, 0.2) is 0 Å². The zero-order valence-electron chi connectivity index (χ0n) is 9.51. The van der Waals surface area contributed by atoms with Crippen LogP contribution in [0, 0.1) is 6.92 Å². The first-order valence-corrected chi connectivity index (χ1v) is 5.31. The molecule has 2 N–H and O–H groups in total. The van der Waals surface area contributed by atoms with Crippen molar-refractivity contribution in [3.05, 3.63) is 23.4 Å². The van der Waals surface area contributed by atoms with E-state index in [1.165, 1.54) is 12.1 Å². The predicted octanol–water partition coefficient (Wildman–Crippen LogP) is 2.60. The largest absolute Gasteiger partial charge is 0.478 e. The Hall–Kier alpha value is -1.79. The van der Waals surface area contributed by atoms with Gasteiger partial charge in [0.25, 0.3) is 0 Å². The number of carbonyl (C=O) groups is 1. The highest BCUT2D eigenvalue weighted by molar-refractivity contribution is 5.93. The summed E-state index contributed by atoms with van der Waals surface area (Å²) in [6.07, 6.45) is -4.54. The van der Waals surface area contributed by atoms with E-state index in [0.717, 1.165) is 0 Å². The average Bonchev–Trinajstić information content (AvgIpc) is 2.97. The number of pyridine rings is 1. The number of alkyl halides is 3. The number of rotatable bonds is 3. The molecule has 1 aliphatic carbocycles. The molecular weight excluding hydrogens is 249 g/mol. The van der Waals surface area contributed by atoms with Crippen LogP contribution in [0.1, 0.15) is 28.9 Å². The highest BCUT2D eigenvalue weighted by Crippen LogP contribution is 2.51. The van der Waals surface area contributed by atoms with E-state index in [1.54, 1.807) is 6.92 Å². The number of aromatic nitrogens is 1. The van der Waals surface area contributed by atoms with Gasteiger partial charge in [0, 0.05) is 5.69 Å². The smallest absolute Gasteiger partial charge is 0.411 e. The van der Waals surface area contributed by atoms with Crippen molar-refractivity contribution in [3.8, 4) is 0 Å². The van der Waals surface area contributed by atoms with Crippen LogP contribution in [0.25, 0.3) is 0 Å². The van der Waals surface area contributed by atoms with Crippen molar-refractivity contribution >= 4 is 11.8 Å². The lowest BCUT2D eigenvalue weighted by atomic mass is 10.2. The normalized spacial score (nSPS) is 17.3. The standard InChI is InChI=1S/C11H11F3N2O2/c1-6-2-3-7(9(17)18)8(15-6)16-10(4-5-10)11(12,13)14/h2-3H,4-5H2,1H3,(H,15,16)(H,17,18). The van der Waals surface area contributed by atoms with Gasteiger partial charge in [-0.05, 0) is 31.9 Å². The fraction of sp³-hybridized carbons (Fsp3) is 0.455. The highest BCUT2D eigenvalue weighted by Gasteiger charge is 2.64. The maximum absolute atomic E-state index is 12.8.